The molecule has 0 spiro atoms. The summed E-state index contributed by atoms with van der Waals surface area (Å²) in [6.07, 6.45) is 7.51. The molecular weight excluding hydrogens is 236 g/mol. The summed E-state index contributed by atoms with van der Waals surface area (Å²) in [5.74, 6) is -0.354. The Hall–Kier alpha value is -1.69. The minimum absolute atomic E-state index is 0.354. The average Bonchev–Trinajstić information content (AvgIpc) is 2.95. The smallest absolute Gasteiger partial charge is 0.252 e. The van der Waals surface area contributed by atoms with Gasteiger partial charge in [-0.2, -0.15) is 0 Å². The van der Waals surface area contributed by atoms with Crippen LogP contribution in [0.15, 0.2) is 12.7 Å². The van der Waals surface area contributed by atoms with Crippen LogP contribution in [0.4, 0.5) is 0 Å². The highest BCUT2D eigenvalue weighted by molar-refractivity contribution is 7.15. The summed E-state index contributed by atoms with van der Waals surface area (Å²) >= 11 is 1.63. The van der Waals surface area contributed by atoms with Crippen molar-refractivity contribution in [2.24, 2.45) is 5.73 Å². The Kier molecular flexibility index (Phi) is 2.44. The van der Waals surface area contributed by atoms with Crippen molar-refractivity contribution in [2.45, 2.75) is 25.7 Å². The van der Waals surface area contributed by atoms with Crippen molar-refractivity contribution in [3.05, 3.63) is 28.7 Å². The van der Waals surface area contributed by atoms with Crippen LogP contribution in [-0.2, 0) is 12.8 Å². The van der Waals surface area contributed by atoms with Crippen molar-refractivity contribution < 1.29 is 4.79 Å². The minimum atomic E-state index is -0.354. The SMILES string of the molecule is NC(=O)c1c(-n2cnnc2)sc2c1CCCC2. The summed E-state index contributed by atoms with van der Waals surface area (Å²) in [6, 6.07) is 0. The van der Waals surface area contributed by atoms with E-state index in [2.05, 4.69) is 10.2 Å². The second kappa shape index (κ2) is 3.96. The van der Waals surface area contributed by atoms with Crippen LogP contribution in [0.3, 0.4) is 0 Å². The van der Waals surface area contributed by atoms with Crippen molar-refractivity contribution in [1.82, 2.24) is 14.8 Å². The van der Waals surface area contributed by atoms with Crippen LogP contribution in [-0.4, -0.2) is 20.7 Å². The van der Waals surface area contributed by atoms with Crippen LogP contribution < -0.4 is 5.73 Å². The number of rotatable bonds is 2. The molecule has 2 aromatic rings. The van der Waals surface area contributed by atoms with Crippen LogP contribution in [0.2, 0.25) is 0 Å². The molecule has 17 heavy (non-hydrogen) atoms. The Morgan fingerprint density at radius 1 is 1.29 bits per heavy atom. The monoisotopic (exact) mass is 248 g/mol. The van der Waals surface area contributed by atoms with Gasteiger partial charge in [0, 0.05) is 4.88 Å². The molecule has 6 heteroatoms. The summed E-state index contributed by atoms with van der Waals surface area (Å²) < 4.78 is 1.77. The third kappa shape index (κ3) is 1.64. The molecule has 2 aromatic heterocycles. The molecule has 0 aliphatic heterocycles. The van der Waals surface area contributed by atoms with Gasteiger partial charge in [0.25, 0.3) is 5.91 Å². The number of primary amides is 1. The van der Waals surface area contributed by atoms with Crippen LogP contribution in [0.1, 0.15) is 33.6 Å². The summed E-state index contributed by atoms with van der Waals surface area (Å²) in [5.41, 5.74) is 7.30. The van der Waals surface area contributed by atoms with Gasteiger partial charge in [-0.3, -0.25) is 9.36 Å². The lowest BCUT2D eigenvalue weighted by Crippen LogP contribution is -2.16. The van der Waals surface area contributed by atoms with Gasteiger partial charge in [-0.25, -0.2) is 0 Å². The Balaban J connectivity index is 2.21. The van der Waals surface area contributed by atoms with Crippen LogP contribution in [0.5, 0.6) is 0 Å². The van der Waals surface area contributed by atoms with Crippen molar-refractivity contribution in [2.75, 3.05) is 0 Å². The maximum absolute atomic E-state index is 11.6. The number of aryl methyl sites for hydroxylation is 1. The van der Waals surface area contributed by atoms with Crippen molar-refractivity contribution in [1.29, 1.82) is 0 Å². The van der Waals surface area contributed by atoms with Gasteiger partial charge in [0.05, 0.1) is 5.56 Å². The number of hydrogen-bond acceptors (Lipinski definition) is 4. The van der Waals surface area contributed by atoms with E-state index in [1.54, 1.807) is 28.6 Å². The highest BCUT2D eigenvalue weighted by atomic mass is 32.1. The van der Waals surface area contributed by atoms with Gasteiger partial charge < -0.3 is 5.73 Å². The van der Waals surface area contributed by atoms with Gasteiger partial charge >= 0.3 is 0 Å². The molecule has 2 heterocycles. The largest absolute Gasteiger partial charge is 0.365 e. The van der Waals surface area contributed by atoms with Crippen molar-refractivity contribution in [3.8, 4) is 5.00 Å². The third-order valence-electron chi connectivity index (χ3n) is 3.05. The molecule has 88 valence electrons. The van der Waals surface area contributed by atoms with E-state index in [9.17, 15) is 4.79 Å². The Labute approximate surface area is 102 Å². The standard InChI is InChI=1S/C11H12N4OS/c12-10(16)9-7-3-1-2-4-8(7)17-11(9)15-5-13-14-6-15/h5-6H,1-4H2,(H2,12,16). The molecule has 1 amide bonds. The molecule has 0 radical (unpaired) electrons. The van der Waals surface area contributed by atoms with Gasteiger partial charge in [-0.05, 0) is 31.2 Å². The number of nitrogens with zero attached hydrogens (tertiary/aromatic N) is 3. The zero-order valence-electron chi connectivity index (χ0n) is 9.22. The molecular formula is C11H12N4OS. The van der Waals surface area contributed by atoms with Gasteiger partial charge in [0.2, 0.25) is 0 Å². The van der Waals surface area contributed by atoms with E-state index < -0.39 is 0 Å². The van der Waals surface area contributed by atoms with E-state index in [0.717, 1.165) is 29.8 Å². The third-order valence-corrected chi connectivity index (χ3v) is 4.36. The second-order valence-electron chi connectivity index (χ2n) is 4.12. The molecule has 1 aliphatic carbocycles. The number of fused-ring (bicyclic) bond motifs is 1. The van der Waals surface area contributed by atoms with E-state index in [1.165, 1.54) is 11.3 Å². The number of thiophene rings is 1. The summed E-state index contributed by atoms with van der Waals surface area (Å²) in [4.78, 5) is 12.9. The molecule has 3 rings (SSSR count). The van der Waals surface area contributed by atoms with Crippen LogP contribution in [0.25, 0.3) is 5.00 Å². The molecule has 0 saturated heterocycles. The van der Waals surface area contributed by atoms with Crippen LogP contribution in [0, 0.1) is 0 Å². The molecule has 0 fully saturated rings. The summed E-state index contributed by atoms with van der Waals surface area (Å²) in [7, 11) is 0. The van der Waals surface area contributed by atoms with Gasteiger partial charge in [-0.15, -0.1) is 21.5 Å². The maximum atomic E-state index is 11.6. The molecule has 0 bridgehead atoms. The normalized spacial score (nSPS) is 14.6. The molecule has 0 unspecified atom stereocenters. The number of nitrogens with two attached hydrogens (primary N) is 1. The zero-order valence-corrected chi connectivity index (χ0v) is 10.0. The maximum Gasteiger partial charge on any atom is 0.252 e. The number of amides is 1. The number of carbonyl (C=O) groups excluding carboxylic acids is 1. The predicted octanol–water partition coefficient (Wildman–Crippen LogP) is 1.31. The first-order valence-corrected chi connectivity index (χ1v) is 6.38. The Morgan fingerprint density at radius 2 is 2.00 bits per heavy atom. The Morgan fingerprint density at radius 3 is 2.71 bits per heavy atom. The van der Waals surface area contributed by atoms with E-state index in [4.69, 9.17) is 5.73 Å². The second-order valence-corrected chi connectivity index (χ2v) is 5.21. The fourth-order valence-electron chi connectivity index (χ4n) is 2.29. The summed E-state index contributed by atoms with van der Waals surface area (Å²) in [6.45, 7) is 0. The number of carbonyl (C=O) groups is 1. The highest BCUT2D eigenvalue weighted by Gasteiger charge is 2.24. The van der Waals surface area contributed by atoms with Gasteiger partial charge in [0.1, 0.15) is 17.7 Å². The zero-order chi connectivity index (χ0) is 11.8. The molecule has 0 atom stereocenters. The fourth-order valence-corrected chi connectivity index (χ4v) is 3.63. The Bertz CT molecular complexity index is 558. The van der Waals surface area contributed by atoms with Gasteiger partial charge in [-0.1, -0.05) is 0 Å². The minimum Gasteiger partial charge on any atom is -0.365 e. The molecule has 2 N–H and O–H groups in total. The highest BCUT2D eigenvalue weighted by Crippen LogP contribution is 2.36. The first-order chi connectivity index (χ1) is 8.27. The first kappa shape index (κ1) is 10.5. The summed E-state index contributed by atoms with van der Waals surface area (Å²) in [5, 5.41) is 8.40. The lowest BCUT2D eigenvalue weighted by atomic mass is 9.95. The van der Waals surface area contributed by atoms with E-state index in [1.807, 2.05) is 0 Å². The molecule has 0 saturated carbocycles. The lowest BCUT2D eigenvalue weighted by molar-refractivity contribution is 0.0999. The van der Waals surface area contributed by atoms with Crippen molar-refractivity contribution in [3.63, 3.8) is 0 Å². The molecule has 1 aliphatic rings. The van der Waals surface area contributed by atoms with Crippen molar-refractivity contribution >= 4 is 17.2 Å². The van der Waals surface area contributed by atoms with Gasteiger partial charge in [0.15, 0.2) is 0 Å². The first-order valence-electron chi connectivity index (χ1n) is 5.56. The predicted molar refractivity (Wildman–Crippen MR) is 64.4 cm³/mol. The molecule has 5 nitrogen and oxygen atoms in total. The fraction of sp³-hybridized carbons (Fsp3) is 0.364. The number of hydrogen-bond donors (Lipinski definition) is 1. The van der Waals surface area contributed by atoms with E-state index in [0.29, 0.717) is 5.56 Å². The van der Waals surface area contributed by atoms with E-state index >= 15 is 0 Å². The number of aromatic nitrogens is 3. The van der Waals surface area contributed by atoms with Crippen LogP contribution >= 0.6 is 11.3 Å². The lowest BCUT2D eigenvalue weighted by Gasteiger charge is -2.11. The quantitative estimate of drug-likeness (QED) is 0.870. The molecule has 0 aromatic carbocycles. The van der Waals surface area contributed by atoms with E-state index in [-0.39, 0.29) is 5.91 Å². The average molecular weight is 248 g/mol. The topological polar surface area (TPSA) is 73.8 Å².